The first-order valence-electron chi connectivity index (χ1n) is 4.19. The fraction of sp³-hybridized carbons (Fsp3) is 0.111. The van der Waals surface area contributed by atoms with Crippen molar-refractivity contribution in [2.75, 3.05) is 0 Å². The molecule has 0 aromatic carbocycles. The highest BCUT2D eigenvalue weighted by atomic mass is 16.4. The molecule has 2 aromatic heterocycles. The van der Waals surface area contributed by atoms with Crippen LogP contribution in [0.5, 0.6) is 0 Å². The van der Waals surface area contributed by atoms with Crippen LogP contribution in [-0.2, 0) is 11.3 Å². The first-order chi connectivity index (χ1) is 7.18. The van der Waals surface area contributed by atoms with Crippen molar-refractivity contribution in [3.05, 3.63) is 35.1 Å². The zero-order valence-corrected chi connectivity index (χ0v) is 7.62. The molecule has 0 aliphatic carbocycles. The summed E-state index contributed by atoms with van der Waals surface area (Å²) >= 11 is 0. The molecule has 15 heavy (non-hydrogen) atoms. The number of hydrogen-bond acceptors (Lipinski definition) is 4. The lowest BCUT2D eigenvalue weighted by molar-refractivity contribution is -0.137. The van der Waals surface area contributed by atoms with Gasteiger partial charge in [0.25, 0.3) is 5.56 Å². The summed E-state index contributed by atoms with van der Waals surface area (Å²) in [6, 6.07) is 1.58. The molecule has 76 valence electrons. The first-order valence-corrected chi connectivity index (χ1v) is 4.19. The van der Waals surface area contributed by atoms with Crippen LogP contribution in [0.3, 0.4) is 0 Å². The van der Waals surface area contributed by atoms with E-state index in [1.54, 1.807) is 6.07 Å². The number of carboxylic acid groups (broad SMARTS) is 1. The Balaban J connectivity index is 2.65. The van der Waals surface area contributed by atoms with Crippen molar-refractivity contribution in [1.29, 1.82) is 0 Å². The zero-order chi connectivity index (χ0) is 10.8. The average Bonchev–Trinajstić information content (AvgIpc) is 2.22. The second-order valence-corrected chi connectivity index (χ2v) is 2.96. The zero-order valence-electron chi connectivity index (χ0n) is 7.62. The number of carboxylic acids is 1. The predicted octanol–water partition coefficient (Wildman–Crippen LogP) is -0.124. The van der Waals surface area contributed by atoms with Crippen molar-refractivity contribution in [3.8, 4) is 0 Å². The van der Waals surface area contributed by atoms with Crippen molar-refractivity contribution in [2.24, 2.45) is 0 Å². The normalized spacial score (nSPS) is 10.4. The van der Waals surface area contributed by atoms with Crippen LogP contribution in [0.15, 0.2) is 29.6 Å². The fourth-order valence-corrected chi connectivity index (χ4v) is 1.29. The van der Waals surface area contributed by atoms with E-state index in [0.29, 0.717) is 10.9 Å². The molecule has 0 saturated carbocycles. The molecule has 6 heteroatoms. The van der Waals surface area contributed by atoms with E-state index in [-0.39, 0.29) is 6.54 Å². The molecule has 2 aromatic rings. The number of fused-ring (bicyclic) bond motifs is 1. The van der Waals surface area contributed by atoms with Crippen LogP contribution in [0.1, 0.15) is 0 Å². The van der Waals surface area contributed by atoms with Gasteiger partial charge in [-0.05, 0) is 6.07 Å². The Kier molecular flexibility index (Phi) is 2.17. The van der Waals surface area contributed by atoms with Gasteiger partial charge < -0.3 is 9.67 Å². The number of pyridine rings is 1. The second kappa shape index (κ2) is 3.49. The molecule has 0 radical (unpaired) electrons. The minimum atomic E-state index is -1.06. The van der Waals surface area contributed by atoms with Gasteiger partial charge in [0, 0.05) is 12.4 Å². The third kappa shape index (κ3) is 1.69. The molecule has 0 spiro atoms. The van der Waals surface area contributed by atoms with Crippen LogP contribution in [0, 0.1) is 0 Å². The van der Waals surface area contributed by atoms with Crippen LogP contribution in [0.25, 0.3) is 10.9 Å². The average molecular weight is 205 g/mol. The van der Waals surface area contributed by atoms with Crippen molar-refractivity contribution in [2.45, 2.75) is 6.54 Å². The Morgan fingerprint density at radius 1 is 1.53 bits per heavy atom. The number of rotatable bonds is 2. The summed E-state index contributed by atoms with van der Waals surface area (Å²) in [5, 5.41) is 8.89. The highest BCUT2D eigenvalue weighted by molar-refractivity contribution is 5.76. The van der Waals surface area contributed by atoms with Crippen molar-refractivity contribution in [3.63, 3.8) is 0 Å². The summed E-state index contributed by atoms with van der Waals surface area (Å²) in [6.45, 7) is -0.357. The van der Waals surface area contributed by atoms with Crippen LogP contribution in [0.4, 0.5) is 0 Å². The number of nitrogens with zero attached hydrogens (tertiary/aromatic N) is 3. The molecule has 1 N–H and O–H groups in total. The quantitative estimate of drug-likeness (QED) is 0.738. The van der Waals surface area contributed by atoms with Crippen LogP contribution in [-0.4, -0.2) is 25.6 Å². The van der Waals surface area contributed by atoms with Gasteiger partial charge in [0.1, 0.15) is 12.9 Å². The molecule has 0 atom stereocenters. The monoisotopic (exact) mass is 205 g/mol. The minimum Gasteiger partial charge on any atom is -0.480 e. The minimum absolute atomic E-state index is 0.321. The molecule has 2 rings (SSSR count). The standard InChI is InChI=1S/C9H7N3O3/c13-8(14)4-12-2-1-7-6(9(12)15)3-10-5-11-7/h1-3,5H,4H2,(H,13,14). The van der Waals surface area contributed by atoms with Crippen LogP contribution >= 0.6 is 0 Å². The Hall–Kier alpha value is -2.24. The SMILES string of the molecule is O=C(O)Cn1ccc2ncncc2c1=O. The van der Waals surface area contributed by atoms with Gasteiger partial charge in [-0.25, -0.2) is 9.97 Å². The molecule has 0 fully saturated rings. The molecule has 0 aliphatic heterocycles. The van der Waals surface area contributed by atoms with Gasteiger partial charge in [-0.15, -0.1) is 0 Å². The smallest absolute Gasteiger partial charge is 0.323 e. The number of hydrogen-bond donors (Lipinski definition) is 1. The Morgan fingerprint density at radius 3 is 3.07 bits per heavy atom. The number of carbonyl (C=O) groups is 1. The summed E-state index contributed by atoms with van der Waals surface area (Å²) in [5.41, 5.74) is 0.118. The third-order valence-electron chi connectivity index (χ3n) is 1.95. The van der Waals surface area contributed by atoms with Gasteiger partial charge in [-0.2, -0.15) is 0 Å². The van der Waals surface area contributed by atoms with Crippen molar-refractivity contribution in [1.82, 2.24) is 14.5 Å². The van der Waals surface area contributed by atoms with Gasteiger partial charge >= 0.3 is 5.97 Å². The molecule has 0 unspecified atom stereocenters. The Morgan fingerprint density at radius 2 is 2.33 bits per heavy atom. The van der Waals surface area contributed by atoms with Gasteiger partial charge in [0.05, 0.1) is 10.9 Å². The van der Waals surface area contributed by atoms with Crippen LogP contribution < -0.4 is 5.56 Å². The van der Waals surface area contributed by atoms with E-state index in [4.69, 9.17) is 5.11 Å². The largest absolute Gasteiger partial charge is 0.480 e. The van der Waals surface area contributed by atoms with E-state index in [9.17, 15) is 9.59 Å². The second-order valence-electron chi connectivity index (χ2n) is 2.96. The molecule has 0 aliphatic rings. The topological polar surface area (TPSA) is 85.1 Å². The van der Waals surface area contributed by atoms with E-state index >= 15 is 0 Å². The van der Waals surface area contributed by atoms with Crippen LogP contribution in [0.2, 0.25) is 0 Å². The van der Waals surface area contributed by atoms with Crippen molar-refractivity contribution < 1.29 is 9.90 Å². The molecule has 0 amide bonds. The summed E-state index contributed by atoms with van der Waals surface area (Å²) in [7, 11) is 0. The third-order valence-corrected chi connectivity index (χ3v) is 1.95. The molecular weight excluding hydrogens is 198 g/mol. The molecular formula is C9H7N3O3. The maximum Gasteiger partial charge on any atom is 0.323 e. The lowest BCUT2D eigenvalue weighted by atomic mass is 10.3. The van der Waals surface area contributed by atoms with Gasteiger partial charge in [-0.3, -0.25) is 9.59 Å². The van der Waals surface area contributed by atoms with E-state index in [2.05, 4.69) is 9.97 Å². The predicted molar refractivity (Wildman–Crippen MR) is 51.4 cm³/mol. The van der Waals surface area contributed by atoms with E-state index < -0.39 is 11.5 Å². The van der Waals surface area contributed by atoms with E-state index in [1.165, 1.54) is 18.7 Å². The number of aromatic nitrogens is 3. The summed E-state index contributed by atoms with van der Waals surface area (Å²) in [4.78, 5) is 29.8. The Bertz CT molecular complexity index is 576. The highest BCUT2D eigenvalue weighted by Gasteiger charge is 2.05. The maximum absolute atomic E-state index is 11.7. The molecule has 6 nitrogen and oxygen atoms in total. The van der Waals surface area contributed by atoms with E-state index in [0.717, 1.165) is 4.57 Å². The summed E-state index contributed by atoms with van der Waals surface area (Å²) < 4.78 is 1.11. The van der Waals surface area contributed by atoms with Gasteiger partial charge in [0.15, 0.2) is 0 Å². The van der Waals surface area contributed by atoms with Gasteiger partial charge in [-0.1, -0.05) is 0 Å². The summed E-state index contributed by atoms with van der Waals surface area (Å²) in [6.07, 6.45) is 4.12. The van der Waals surface area contributed by atoms with E-state index in [1.807, 2.05) is 0 Å². The Labute approximate surface area is 83.8 Å². The highest BCUT2D eigenvalue weighted by Crippen LogP contribution is 2.02. The summed E-state index contributed by atoms with van der Waals surface area (Å²) in [5.74, 6) is -1.06. The molecule has 0 bridgehead atoms. The van der Waals surface area contributed by atoms with Crippen molar-refractivity contribution >= 4 is 16.9 Å². The number of aliphatic carboxylic acids is 1. The first kappa shape index (κ1) is 9.32. The molecule has 0 saturated heterocycles. The molecule has 2 heterocycles. The van der Waals surface area contributed by atoms with Gasteiger partial charge in [0.2, 0.25) is 0 Å². The lowest BCUT2D eigenvalue weighted by Gasteiger charge is -2.02. The fourth-order valence-electron chi connectivity index (χ4n) is 1.29. The maximum atomic E-state index is 11.7. The lowest BCUT2D eigenvalue weighted by Crippen LogP contribution is -2.23.